The first-order valence-corrected chi connectivity index (χ1v) is 11.0. The Kier molecular flexibility index (Phi) is 5.62. The minimum absolute atomic E-state index is 0.132. The van der Waals surface area contributed by atoms with Crippen LogP contribution in [-0.2, 0) is 6.18 Å². The van der Waals surface area contributed by atoms with E-state index in [-0.39, 0.29) is 29.7 Å². The maximum Gasteiger partial charge on any atom is 0.434 e. The van der Waals surface area contributed by atoms with Gasteiger partial charge in [0.15, 0.2) is 11.5 Å². The van der Waals surface area contributed by atoms with Gasteiger partial charge in [-0.05, 0) is 50.3 Å². The van der Waals surface area contributed by atoms with E-state index < -0.39 is 11.9 Å². The van der Waals surface area contributed by atoms with Gasteiger partial charge in [0.1, 0.15) is 11.5 Å². The predicted octanol–water partition coefficient (Wildman–Crippen LogP) is 3.76. The van der Waals surface area contributed by atoms with Crippen molar-refractivity contribution in [1.82, 2.24) is 29.8 Å². The normalized spacial score (nSPS) is 22.0. The average molecular weight is 469 g/mol. The zero-order valence-electron chi connectivity index (χ0n) is 18.3. The number of piperidine rings is 2. The van der Waals surface area contributed by atoms with Gasteiger partial charge in [0, 0.05) is 30.7 Å². The van der Waals surface area contributed by atoms with Crippen LogP contribution in [-0.4, -0.2) is 54.4 Å². The molecule has 11 heteroatoms. The number of aryl methyl sites for hydroxylation is 1. The summed E-state index contributed by atoms with van der Waals surface area (Å²) in [5.41, 5.74) is 0.574. The molecule has 6 rings (SSSR count). The molecule has 8 nitrogen and oxygen atoms in total. The zero-order valence-corrected chi connectivity index (χ0v) is 18.3. The zero-order chi connectivity index (χ0) is 23.9. The summed E-state index contributed by atoms with van der Waals surface area (Å²) >= 11 is 0. The van der Waals surface area contributed by atoms with Gasteiger partial charge in [0.2, 0.25) is 0 Å². The Morgan fingerprint density at radius 2 is 1.88 bits per heavy atom. The fraction of sp³-hybridized carbons (Fsp3) is 0.391. The molecule has 3 atom stereocenters. The standard InChI is InChI=1S/C23H22F3N7O/c1-13-3-5-15(20(31-13)21-27-7-2-8-28-21)22(34)33-12-14-4-6-17(33)16(9-14)32-19-11-29-18(10-30-19)23(24,25)26/h2-3,5,7-8,10-11,14,16-17H,4,6,9,12H2,1H3,(H,30,32)/t14-,16-,17+/m1/s1. The Labute approximate surface area is 193 Å². The molecule has 0 unspecified atom stereocenters. The van der Waals surface area contributed by atoms with E-state index in [4.69, 9.17) is 0 Å². The number of amides is 1. The van der Waals surface area contributed by atoms with Gasteiger partial charge in [0.25, 0.3) is 5.91 Å². The lowest BCUT2D eigenvalue weighted by Gasteiger charge is -2.50. The molecule has 5 heterocycles. The van der Waals surface area contributed by atoms with Gasteiger partial charge in [-0.2, -0.15) is 13.2 Å². The average Bonchev–Trinajstić information content (AvgIpc) is 2.84. The summed E-state index contributed by atoms with van der Waals surface area (Å²) in [5, 5.41) is 3.21. The second kappa shape index (κ2) is 8.62. The molecule has 1 N–H and O–H groups in total. The molecule has 3 aliphatic rings. The number of anilines is 1. The Balaban J connectivity index is 1.40. The lowest BCUT2D eigenvalue weighted by atomic mass is 9.76. The number of hydrogen-bond acceptors (Lipinski definition) is 7. The van der Waals surface area contributed by atoms with Gasteiger partial charge in [0.05, 0.1) is 24.0 Å². The number of carbonyl (C=O) groups is 1. The topological polar surface area (TPSA) is 96.8 Å². The highest BCUT2D eigenvalue weighted by Gasteiger charge is 2.44. The third-order valence-corrected chi connectivity index (χ3v) is 6.36. The quantitative estimate of drug-likeness (QED) is 0.621. The van der Waals surface area contributed by atoms with Gasteiger partial charge >= 0.3 is 6.18 Å². The number of halogens is 3. The second-order valence-corrected chi connectivity index (χ2v) is 8.66. The molecule has 2 bridgehead atoms. The van der Waals surface area contributed by atoms with Crippen LogP contribution in [0.15, 0.2) is 43.0 Å². The molecule has 34 heavy (non-hydrogen) atoms. The van der Waals surface area contributed by atoms with Gasteiger partial charge in [-0.15, -0.1) is 0 Å². The van der Waals surface area contributed by atoms with Crippen molar-refractivity contribution in [2.75, 3.05) is 11.9 Å². The van der Waals surface area contributed by atoms with Crippen LogP contribution in [0.5, 0.6) is 0 Å². The van der Waals surface area contributed by atoms with Gasteiger partial charge < -0.3 is 10.2 Å². The maximum absolute atomic E-state index is 13.7. The molecule has 3 aromatic heterocycles. The van der Waals surface area contributed by atoms with E-state index in [2.05, 4.69) is 30.2 Å². The molecule has 3 fully saturated rings. The van der Waals surface area contributed by atoms with Crippen molar-refractivity contribution in [3.63, 3.8) is 0 Å². The minimum atomic E-state index is -4.54. The molecule has 2 aliphatic heterocycles. The molecule has 3 aromatic rings. The Hall–Kier alpha value is -3.63. The highest BCUT2D eigenvalue weighted by Crippen LogP contribution is 2.38. The van der Waals surface area contributed by atoms with Crippen molar-refractivity contribution in [3.05, 3.63) is 59.9 Å². The van der Waals surface area contributed by atoms with Crippen molar-refractivity contribution in [2.24, 2.45) is 5.92 Å². The van der Waals surface area contributed by atoms with Crippen LogP contribution in [0.1, 0.15) is 41.0 Å². The number of carbonyl (C=O) groups excluding carboxylic acids is 1. The van der Waals surface area contributed by atoms with Crippen molar-refractivity contribution >= 4 is 11.7 Å². The second-order valence-electron chi connectivity index (χ2n) is 8.66. The van der Waals surface area contributed by atoms with Crippen molar-refractivity contribution < 1.29 is 18.0 Å². The lowest BCUT2D eigenvalue weighted by Crippen LogP contribution is -2.59. The smallest absolute Gasteiger partial charge is 0.364 e. The van der Waals surface area contributed by atoms with E-state index in [1.807, 2.05) is 11.8 Å². The van der Waals surface area contributed by atoms with Gasteiger partial charge in [-0.3, -0.25) is 4.79 Å². The highest BCUT2D eigenvalue weighted by molar-refractivity contribution is 5.99. The Bertz CT molecular complexity index is 1190. The summed E-state index contributed by atoms with van der Waals surface area (Å²) in [5.74, 6) is 0.762. The molecule has 1 aliphatic carbocycles. The monoisotopic (exact) mass is 469 g/mol. The SMILES string of the molecule is Cc1ccc(C(=O)N2C[C@@H]3CC[C@H]2[C@H](Nc2cnc(C(F)(F)F)cn2)C3)c(-c2ncccn2)n1. The van der Waals surface area contributed by atoms with Crippen molar-refractivity contribution in [2.45, 2.75) is 44.4 Å². The van der Waals surface area contributed by atoms with E-state index in [9.17, 15) is 18.0 Å². The number of nitrogens with one attached hydrogen (secondary N) is 1. The first-order chi connectivity index (χ1) is 16.3. The number of nitrogens with zero attached hydrogens (tertiary/aromatic N) is 6. The van der Waals surface area contributed by atoms with Crippen LogP contribution in [0.3, 0.4) is 0 Å². The number of alkyl halides is 3. The fourth-order valence-corrected chi connectivity index (χ4v) is 4.80. The maximum atomic E-state index is 13.7. The van der Waals surface area contributed by atoms with Crippen LogP contribution in [0.2, 0.25) is 0 Å². The van der Waals surface area contributed by atoms with Crippen LogP contribution in [0, 0.1) is 12.8 Å². The predicted molar refractivity (Wildman–Crippen MR) is 117 cm³/mol. The molecule has 0 spiro atoms. The van der Waals surface area contributed by atoms with E-state index in [0.717, 1.165) is 37.4 Å². The minimum Gasteiger partial charge on any atom is -0.364 e. The van der Waals surface area contributed by atoms with E-state index >= 15 is 0 Å². The lowest BCUT2D eigenvalue weighted by molar-refractivity contribution is -0.141. The molecule has 0 aromatic carbocycles. The van der Waals surface area contributed by atoms with Gasteiger partial charge in [-0.25, -0.2) is 24.9 Å². The molecular formula is C23H22F3N7O. The Morgan fingerprint density at radius 1 is 1.09 bits per heavy atom. The van der Waals surface area contributed by atoms with Crippen LogP contribution in [0.25, 0.3) is 11.5 Å². The summed E-state index contributed by atoms with van der Waals surface area (Å²) in [6.07, 6.45) is 3.06. The van der Waals surface area contributed by atoms with Crippen molar-refractivity contribution in [3.8, 4) is 11.5 Å². The molecular weight excluding hydrogens is 447 g/mol. The molecule has 0 radical (unpaired) electrons. The Morgan fingerprint density at radius 3 is 2.56 bits per heavy atom. The van der Waals surface area contributed by atoms with E-state index in [1.54, 1.807) is 30.6 Å². The largest absolute Gasteiger partial charge is 0.434 e. The number of aromatic nitrogens is 5. The first kappa shape index (κ1) is 22.2. The number of pyridine rings is 1. The van der Waals surface area contributed by atoms with Gasteiger partial charge in [-0.1, -0.05) is 0 Å². The molecule has 1 amide bonds. The summed E-state index contributed by atoms with van der Waals surface area (Å²) < 4.78 is 38.4. The van der Waals surface area contributed by atoms with Crippen molar-refractivity contribution in [1.29, 1.82) is 0 Å². The van der Waals surface area contributed by atoms with Crippen LogP contribution >= 0.6 is 0 Å². The summed E-state index contributed by atoms with van der Waals surface area (Å²) in [7, 11) is 0. The third kappa shape index (κ3) is 4.29. The number of rotatable bonds is 4. The highest BCUT2D eigenvalue weighted by atomic mass is 19.4. The van der Waals surface area contributed by atoms with E-state index in [1.165, 1.54) is 0 Å². The number of fused-ring (bicyclic) bond motifs is 3. The summed E-state index contributed by atoms with van der Waals surface area (Å²) in [4.78, 5) is 36.0. The fourth-order valence-electron chi connectivity index (χ4n) is 4.80. The summed E-state index contributed by atoms with van der Waals surface area (Å²) in [6.45, 7) is 2.46. The van der Waals surface area contributed by atoms with E-state index in [0.29, 0.717) is 23.6 Å². The van der Waals surface area contributed by atoms with Crippen LogP contribution < -0.4 is 5.32 Å². The third-order valence-electron chi connectivity index (χ3n) is 6.36. The summed E-state index contributed by atoms with van der Waals surface area (Å²) in [6, 6.07) is 4.97. The molecule has 1 saturated carbocycles. The number of hydrogen-bond donors (Lipinski definition) is 1. The van der Waals surface area contributed by atoms with Crippen LogP contribution in [0.4, 0.5) is 19.0 Å². The molecule has 2 saturated heterocycles. The molecule has 176 valence electrons. The first-order valence-electron chi connectivity index (χ1n) is 11.0.